The molecule has 3 rings (SSSR count). The number of nitrogens with zero attached hydrogens (tertiary/aromatic N) is 4. The summed E-state index contributed by atoms with van der Waals surface area (Å²) in [4.78, 5) is 22.6. The zero-order valence-corrected chi connectivity index (χ0v) is 14.9. The SMILES string of the molecule is CCSc1nn2c(=O)cc[nH]c2c1-c1cnc(OCC(F)(F)C(F)(F)F)cn1. The third kappa shape index (κ3) is 3.79. The smallest absolute Gasteiger partial charge is 0.456 e. The lowest BCUT2D eigenvalue weighted by Crippen LogP contribution is -2.41. The van der Waals surface area contributed by atoms with Crippen molar-refractivity contribution in [1.29, 1.82) is 0 Å². The number of thioether (sulfide) groups is 1. The lowest BCUT2D eigenvalue weighted by Gasteiger charge is -2.19. The van der Waals surface area contributed by atoms with E-state index in [1.165, 1.54) is 24.0 Å². The Balaban J connectivity index is 1.91. The van der Waals surface area contributed by atoms with Gasteiger partial charge in [-0.15, -0.1) is 11.8 Å². The Kier molecular flexibility index (Phi) is 5.28. The predicted molar refractivity (Wildman–Crippen MR) is 89.7 cm³/mol. The summed E-state index contributed by atoms with van der Waals surface area (Å²) < 4.78 is 67.9. The van der Waals surface area contributed by atoms with Gasteiger partial charge in [0.05, 0.1) is 23.7 Å². The number of aromatic amines is 1. The highest BCUT2D eigenvalue weighted by molar-refractivity contribution is 7.99. The van der Waals surface area contributed by atoms with E-state index in [2.05, 4.69) is 24.8 Å². The van der Waals surface area contributed by atoms with Gasteiger partial charge in [-0.25, -0.2) is 9.97 Å². The zero-order valence-electron chi connectivity index (χ0n) is 14.1. The first-order chi connectivity index (χ1) is 13.1. The molecule has 0 atom stereocenters. The quantitative estimate of drug-likeness (QED) is 0.486. The molecule has 0 bridgehead atoms. The molecule has 0 aliphatic carbocycles. The zero-order chi connectivity index (χ0) is 20.5. The topological polar surface area (TPSA) is 85.2 Å². The van der Waals surface area contributed by atoms with Crippen LogP contribution in [0.2, 0.25) is 0 Å². The number of aromatic nitrogens is 5. The van der Waals surface area contributed by atoms with E-state index < -0.39 is 24.6 Å². The van der Waals surface area contributed by atoms with Crippen molar-refractivity contribution < 1.29 is 26.7 Å². The van der Waals surface area contributed by atoms with Gasteiger partial charge >= 0.3 is 12.1 Å². The van der Waals surface area contributed by atoms with Crippen molar-refractivity contribution in [3.8, 4) is 17.1 Å². The molecule has 0 unspecified atom stereocenters. The van der Waals surface area contributed by atoms with Crippen LogP contribution in [0.5, 0.6) is 5.88 Å². The average molecular weight is 421 g/mol. The summed E-state index contributed by atoms with van der Waals surface area (Å²) in [5, 5.41) is 4.69. The molecule has 13 heteroatoms. The minimum absolute atomic E-state index is 0.239. The number of rotatable bonds is 6. The molecule has 0 aliphatic heterocycles. The normalized spacial score (nSPS) is 12.5. The Labute approximate surface area is 158 Å². The summed E-state index contributed by atoms with van der Waals surface area (Å²) in [5.41, 5.74) is 0.655. The summed E-state index contributed by atoms with van der Waals surface area (Å²) in [6.07, 6.45) is -2.24. The highest BCUT2D eigenvalue weighted by atomic mass is 32.2. The molecule has 0 aliphatic rings. The van der Waals surface area contributed by atoms with Gasteiger partial charge in [0.2, 0.25) is 5.88 Å². The van der Waals surface area contributed by atoms with Gasteiger partial charge in [0.1, 0.15) is 10.7 Å². The Morgan fingerprint density at radius 3 is 2.57 bits per heavy atom. The Morgan fingerprint density at radius 1 is 1.21 bits per heavy atom. The molecule has 0 fully saturated rings. The van der Waals surface area contributed by atoms with Gasteiger partial charge in [-0.2, -0.15) is 31.6 Å². The molecule has 1 N–H and O–H groups in total. The monoisotopic (exact) mass is 421 g/mol. The number of H-pyrrole nitrogens is 1. The Morgan fingerprint density at radius 2 is 1.96 bits per heavy atom. The number of fused-ring (bicyclic) bond motifs is 1. The maximum absolute atomic E-state index is 12.9. The highest BCUT2D eigenvalue weighted by Gasteiger charge is 2.58. The lowest BCUT2D eigenvalue weighted by atomic mass is 10.2. The molecule has 0 amide bonds. The van der Waals surface area contributed by atoms with Gasteiger partial charge in [-0.05, 0) is 5.75 Å². The van der Waals surface area contributed by atoms with Crippen molar-refractivity contribution in [3.05, 3.63) is 35.0 Å². The van der Waals surface area contributed by atoms with Crippen molar-refractivity contribution in [2.24, 2.45) is 0 Å². The van der Waals surface area contributed by atoms with E-state index in [0.29, 0.717) is 22.0 Å². The molecule has 0 spiro atoms. The molecule has 3 heterocycles. The molecule has 0 aromatic carbocycles. The minimum Gasteiger partial charge on any atom is -0.470 e. The molecular weight excluding hydrogens is 409 g/mol. The molecule has 0 saturated heterocycles. The first kappa shape index (κ1) is 20.0. The Hall–Kier alpha value is -2.70. The van der Waals surface area contributed by atoms with Gasteiger partial charge in [0.15, 0.2) is 6.61 Å². The average Bonchev–Trinajstić information content (AvgIpc) is 2.99. The third-order valence-corrected chi connectivity index (χ3v) is 4.34. The molecule has 150 valence electrons. The molecule has 7 nitrogen and oxygen atoms in total. The first-order valence-corrected chi connectivity index (χ1v) is 8.75. The third-order valence-electron chi connectivity index (χ3n) is 3.49. The second kappa shape index (κ2) is 7.37. The fourth-order valence-corrected chi connectivity index (χ4v) is 2.95. The van der Waals surface area contributed by atoms with Crippen LogP contribution in [0.4, 0.5) is 22.0 Å². The number of ether oxygens (including phenoxy) is 1. The van der Waals surface area contributed by atoms with Crippen LogP contribution >= 0.6 is 11.8 Å². The lowest BCUT2D eigenvalue weighted by molar-refractivity contribution is -0.290. The van der Waals surface area contributed by atoms with Gasteiger partial charge in [-0.3, -0.25) is 4.79 Å². The number of hydrogen-bond acceptors (Lipinski definition) is 6. The molecule has 0 saturated carbocycles. The summed E-state index contributed by atoms with van der Waals surface area (Å²) in [5.74, 6) is -4.87. The van der Waals surface area contributed by atoms with Crippen LogP contribution in [0, 0.1) is 0 Å². The number of alkyl halides is 5. The number of halogens is 5. The van der Waals surface area contributed by atoms with Gasteiger partial charge in [0, 0.05) is 12.3 Å². The van der Waals surface area contributed by atoms with Crippen LogP contribution in [-0.2, 0) is 0 Å². The van der Waals surface area contributed by atoms with Crippen molar-refractivity contribution in [2.75, 3.05) is 12.4 Å². The van der Waals surface area contributed by atoms with Gasteiger partial charge < -0.3 is 9.72 Å². The second-order valence-corrected chi connectivity index (χ2v) is 6.67. The molecular formula is C15H12F5N5O2S. The van der Waals surface area contributed by atoms with E-state index >= 15 is 0 Å². The van der Waals surface area contributed by atoms with E-state index in [4.69, 9.17) is 0 Å². The van der Waals surface area contributed by atoms with E-state index in [-0.39, 0.29) is 11.3 Å². The molecule has 3 aromatic rings. The second-order valence-electron chi connectivity index (χ2n) is 5.42. The molecule has 28 heavy (non-hydrogen) atoms. The van der Waals surface area contributed by atoms with Crippen molar-refractivity contribution in [1.82, 2.24) is 24.6 Å². The van der Waals surface area contributed by atoms with Crippen LogP contribution in [0.15, 0.2) is 34.5 Å². The predicted octanol–water partition coefficient (Wildman–Crippen LogP) is 3.17. The van der Waals surface area contributed by atoms with Crippen LogP contribution in [0.3, 0.4) is 0 Å². The first-order valence-electron chi connectivity index (χ1n) is 7.77. The maximum atomic E-state index is 12.9. The van der Waals surface area contributed by atoms with Crippen molar-refractivity contribution in [3.63, 3.8) is 0 Å². The largest absolute Gasteiger partial charge is 0.470 e. The Bertz CT molecular complexity index is 1030. The summed E-state index contributed by atoms with van der Waals surface area (Å²) >= 11 is 1.34. The fraction of sp³-hybridized carbons (Fsp3) is 0.333. The standard InChI is InChI=1S/C15H12F5N5O2S/c1-2-28-13-11(12-21-4-3-10(26)25(12)24-13)8-5-23-9(6-22-8)27-7-14(16,17)15(18,19)20/h3-6,21H,2,7H2,1H3. The van der Waals surface area contributed by atoms with Crippen LogP contribution in [0.25, 0.3) is 16.9 Å². The maximum Gasteiger partial charge on any atom is 0.456 e. The van der Waals surface area contributed by atoms with Crippen molar-refractivity contribution >= 4 is 17.4 Å². The van der Waals surface area contributed by atoms with E-state index in [1.54, 1.807) is 0 Å². The van der Waals surface area contributed by atoms with Gasteiger partial charge in [-0.1, -0.05) is 6.92 Å². The van der Waals surface area contributed by atoms with E-state index in [1.807, 2.05) is 6.92 Å². The summed E-state index contributed by atoms with van der Waals surface area (Å²) in [6, 6.07) is 1.29. The van der Waals surface area contributed by atoms with E-state index in [9.17, 15) is 26.7 Å². The molecule has 0 radical (unpaired) electrons. The van der Waals surface area contributed by atoms with Crippen LogP contribution < -0.4 is 10.3 Å². The number of hydrogen-bond donors (Lipinski definition) is 1. The summed E-state index contributed by atoms with van der Waals surface area (Å²) in [6.45, 7) is -0.0325. The van der Waals surface area contributed by atoms with Crippen LogP contribution in [-0.4, -0.2) is 49.0 Å². The number of nitrogens with one attached hydrogen (secondary N) is 1. The van der Waals surface area contributed by atoms with E-state index in [0.717, 1.165) is 16.9 Å². The van der Waals surface area contributed by atoms with Gasteiger partial charge in [0.25, 0.3) is 5.56 Å². The van der Waals surface area contributed by atoms with Crippen LogP contribution in [0.1, 0.15) is 6.92 Å². The van der Waals surface area contributed by atoms with Crippen molar-refractivity contribution in [2.45, 2.75) is 24.0 Å². The fourth-order valence-electron chi connectivity index (χ4n) is 2.19. The molecule has 3 aromatic heterocycles. The minimum atomic E-state index is -5.73. The summed E-state index contributed by atoms with van der Waals surface area (Å²) in [7, 11) is 0. The highest BCUT2D eigenvalue weighted by Crippen LogP contribution is 2.36.